The van der Waals surface area contributed by atoms with E-state index in [2.05, 4.69) is 24.0 Å². The minimum absolute atomic E-state index is 0.462. The van der Waals surface area contributed by atoms with Crippen LogP contribution in [0, 0.1) is 0 Å². The van der Waals surface area contributed by atoms with E-state index < -0.39 is 0 Å². The maximum Gasteiger partial charge on any atom is 0.0410 e. The van der Waals surface area contributed by atoms with Crippen LogP contribution in [0.3, 0.4) is 0 Å². The number of benzene rings is 1. The maximum atomic E-state index is 6.09. The van der Waals surface area contributed by atoms with Gasteiger partial charge in [0, 0.05) is 34.0 Å². The Balaban J connectivity index is 1.91. The highest BCUT2D eigenvalue weighted by Crippen LogP contribution is 2.37. The van der Waals surface area contributed by atoms with Crippen molar-refractivity contribution in [3.05, 3.63) is 41.4 Å². The molecular weight excluding hydrogens is 282 g/mol. The van der Waals surface area contributed by atoms with Gasteiger partial charge in [0.2, 0.25) is 0 Å². The van der Waals surface area contributed by atoms with E-state index in [1.807, 2.05) is 35.7 Å². The molecule has 1 heterocycles. The van der Waals surface area contributed by atoms with Gasteiger partial charge in [-0.2, -0.15) is 11.8 Å². The standard InChI is InChI=1S/C14H18ClNS2/c1-2-7-17-9-6-16-13-5-8-18-14-4-3-11(15)10-12(13)14/h2-4,10,13,16H,1,5-9H2. The Morgan fingerprint density at radius 1 is 1.56 bits per heavy atom. The summed E-state index contributed by atoms with van der Waals surface area (Å²) in [5, 5.41) is 4.47. The van der Waals surface area contributed by atoms with Gasteiger partial charge >= 0.3 is 0 Å². The van der Waals surface area contributed by atoms with Crippen LogP contribution < -0.4 is 5.32 Å². The molecule has 0 radical (unpaired) electrons. The van der Waals surface area contributed by atoms with Gasteiger partial charge < -0.3 is 5.32 Å². The van der Waals surface area contributed by atoms with E-state index in [0.717, 1.165) is 23.1 Å². The first-order valence-electron chi connectivity index (χ1n) is 6.15. The largest absolute Gasteiger partial charge is 0.309 e. The molecule has 1 aliphatic rings. The molecule has 1 nitrogen and oxygen atoms in total. The molecule has 1 N–H and O–H groups in total. The van der Waals surface area contributed by atoms with Gasteiger partial charge in [0.05, 0.1) is 0 Å². The van der Waals surface area contributed by atoms with E-state index in [9.17, 15) is 0 Å². The van der Waals surface area contributed by atoms with E-state index in [1.165, 1.54) is 22.6 Å². The molecule has 1 aromatic rings. The normalized spacial score (nSPS) is 18.4. The SMILES string of the molecule is C=CCSCCNC1CCSc2ccc(Cl)cc21. The molecule has 0 fully saturated rings. The van der Waals surface area contributed by atoms with Crippen molar-refractivity contribution in [3.63, 3.8) is 0 Å². The summed E-state index contributed by atoms with van der Waals surface area (Å²) >= 11 is 9.94. The van der Waals surface area contributed by atoms with Crippen LogP contribution in [0.1, 0.15) is 18.0 Å². The van der Waals surface area contributed by atoms with Crippen LogP contribution in [0.15, 0.2) is 35.7 Å². The zero-order valence-corrected chi connectivity index (χ0v) is 12.7. The molecule has 1 unspecified atom stereocenters. The third kappa shape index (κ3) is 3.95. The van der Waals surface area contributed by atoms with Crippen molar-refractivity contribution < 1.29 is 0 Å². The molecule has 4 heteroatoms. The van der Waals surface area contributed by atoms with Crippen LogP contribution >= 0.6 is 35.1 Å². The van der Waals surface area contributed by atoms with Gasteiger partial charge in [-0.25, -0.2) is 0 Å². The van der Waals surface area contributed by atoms with Crippen LogP contribution in [0.25, 0.3) is 0 Å². The highest BCUT2D eigenvalue weighted by atomic mass is 35.5. The minimum atomic E-state index is 0.462. The highest BCUT2D eigenvalue weighted by molar-refractivity contribution is 7.99. The molecule has 0 saturated carbocycles. The average molecular weight is 300 g/mol. The molecule has 0 bridgehead atoms. The van der Waals surface area contributed by atoms with E-state index >= 15 is 0 Å². The smallest absolute Gasteiger partial charge is 0.0410 e. The Hall–Kier alpha value is -0.0900. The molecule has 0 aromatic heterocycles. The molecule has 0 amide bonds. The van der Waals surface area contributed by atoms with Gasteiger partial charge in [-0.05, 0) is 35.9 Å². The number of halogens is 1. The maximum absolute atomic E-state index is 6.09. The fourth-order valence-electron chi connectivity index (χ4n) is 2.05. The van der Waals surface area contributed by atoms with E-state index in [1.54, 1.807) is 0 Å². The first-order valence-corrected chi connectivity index (χ1v) is 8.67. The van der Waals surface area contributed by atoms with Crippen molar-refractivity contribution in [2.24, 2.45) is 0 Å². The Bertz CT molecular complexity index is 409. The Labute approximate surface area is 123 Å². The van der Waals surface area contributed by atoms with Gasteiger partial charge in [0.25, 0.3) is 0 Å². The van der Waals surface area contributed by atoms with Gasteiger partial charge in [0.1, 0.15) is 0 Å². The fourth-order valence-corrected chi connectivity index (χ4v) is 3.93. The molecule has 1 atom stereocenters. The second kappa shape index (κ2) is 7.49. The van der Waals surface area contributed by atoms with Crippen LogP contribution in [-0.2, 0) is 0 Å². The zero-order valence-electron chi connectivity index (χ0n) is 10.3. The summed E-state index contributed by atoms with van der Waals surface area (Å²) in [5.74, 6) is 3.35. The summed E-state index contributed by atoms with van der Waals surface area (Å²) in [7, 11) is 0. The van der Waals surface area contributed by atoms with E-state index in [-0.39, 0.29) is 0 Å². The Morgan fingerprint density at radius 3 is 3.28 bits per heavy atom. The quantitative estimate of drug-likeness (QED) is 0.618. The fraction of sp³-hybridized carbons (Fsp3) is 0.429. The van der Waals surface area contributed by atoms with Gasteiger partial charge in [0.15, 0.2) is 0 Å². The first kappa shape index (κ1) is 14.3. The molecular formula is C14H18ClNS2. The van der Waals surface area contributed by atoms with Crippen LogP contribution in [0.2, 0.25) is 5.02 Å². The summed E-state index contributed by atoms with van der Waals surface area (Å²) in [6.45, 7) is 4.77. The summed E-state index contributed by atoms with van der Waals surface area (Å²) in [6, 6.07) is 6.69. The average Bonchev–Trinajstić information content (AvgIpc) is 2.39. The predicted octanol–water partition coefficient (Wildman–Crippen LogP) is 4.39. The van der Waals surface area contributed by atoms with Gasteiger partial charge in [-0.15, -0.1) is 18.3 Å². The lowest BCUT2D eigenvalue weighted by atomic mass is 10.0. The monoisotopic (exact) mass is 299 g/mol. The minimum Gasteiger partial charge on any atom is -0.309 e. The lowest BCUT2D eigenvalue weighted by Crippen LogP contribution is -2.26. The Morgan fingerprint density at radius 2 is 2.44 bits per heavy atom. The highest BCUT2D eigenvalue weighted by Gasteiger charge is 2.20. The van der Waals surface area contributed by atoms with Crippen molar-refractivity contribution in [2.45, 2.75) is 17.4 Å². The van der Waals surface area contributed by atoms with Crippen molar-refractivity contribution in [1.29, 1.82) is 0 Å². The molecule has 0 spiro atoms. The number of fused-ring (bicyclic) bond motifs is 1. The molecule has 18 heavy (non-hydrogen) atoms. The second-order valence-corrected chi connectivity index (χ2v) is 6.91. The van der Waals surface area contributed by atoms with Crippen LogP contribution in [0.5, 0.6) is 0 Å². The molecule has 2 rings (SSSR count). The third-order valence-corrected chi connectivity index (χ3v) is 5.21. The van der Waals surface area contributed by atoms with Crippen molar-refractivity contribution in [3.8, 4) is 0 Å². The Kier molecular flexibility index (Phi) is 5.96. The number of hydrogen-bond donors (Lipinski definition) is 1. The number of nitrogens with one attached hydrogen (secondary N) is 1. The second-order valence-electron chi connectivity index (χ2n) is 4.19. The molecule has 1 aliphatic heterocycles. The summed E-state index contributed by atoms with van der Waals surface area (Å²) in [6.07, 6.45) is 3.14. The topological polar surface area (TPSA) is 12.0 Å². The van der Waals surface area contributed by atoms with Crippen LogP contribution in [-0.4, -0.2) is 23.8 Å². The number of hydrogen-bond acceptors (Lipinski definition) is 3. The molecule has 0 saturated heterocycles. The lowest BCUT2D eigenvalue weighted by Gasteiger charge is -2.26. The first-order chi connectivity index (χ1) is 8.81. The predicted molar refractivity (Wildman–Crippen MR) is 85.1 cm³/mol. The zero-order chi connectivity index (χ0) is 12.8. The van der Waals surface area contributed by atoms with Crippen molar-refractivity contribution in [1.82, 2.24) is 5.32 Å². The van der Waals surface area contributed by atoms with Crippen molar-refractivity contribution >= 4 is 35.1 Å². The molecule has 0 aliphatic carbocycles. The van der Waals surface area contributed by atoms with E-state index in [0.29, 0.717) is 6.04 Å². The van der Waals surface area contributed by atoms with Crippen LogP contribution in [0.4, 0.5) is 0 Å². The third-order valence-electron chi connectivity index (χ3n) is 2.88. The van der Waals surface area contributed by atoms with Crippen molar-refractivity contribution in [2.75, 3.05) is 23.8 Å². The number of rotatable bonds is 6. The summed E-state index contributed by atoms with van der Waals surface area (Å²) < 4.78 is 0. The van der Waals surface area contributed by atoms with Gasteiger partial charge in [-0.1, -0.05) is 17.7 Å². The molecule has 1 aromatic carbocycles. The van der Waals surface area contributed by atoms with Gasteiger partial charge in [-0.3, -0.25) is 0 Å². The summed E-state index contributed by atoms with van der Waals surface area (Å²) in [5.41, 5.74) is 1.37. The van der Waals surface area contributed by atoms with E-state index in [4.69, 9.17) is 11.6 Å². The molecule has 98 valence electrons. The number of thioether (sulfide) groups is 2. The lowest BCUT2D eigenvalue weighted by molar-refractivity contribution is 0.530. The summed E-state index contributed by atoms with van der Waals surface area (Å²) in [4.78, 5) is 1.38.